The van der Waals surface area contributed by atoms with E-state index in [0.717, 1.165) is 12.8 Å². The molecule has 1 aliphatic rings. The molecule has 2 rings (SSSR count). The summed E-state index contributed by atoms with van der Waals surface area (Å²) < 4.78 is 4.33. The van der Waals surface area contributed by atoms with Crippen molar-refractivity contribution in [1.82, 2.24) is 4.37 Å². The Labute approximate surface area is 113 Å². The maximum atomic E-state index is 9.30. The van der Waals surface area contributed by atoms with Gasteiger partial charge in [-0.05, 0) is 43.1 Å². The van der Waals surface area contributed by atoms with Crippen LogP contribution in [0.2, 0.25) is 0 Å². The van der Waals surface area contributed by atoms with E-state index in [4.69, 9.17) is 5.73 Å². The molecule has 0 radical (unpaired) electrons. The molecule has 0 amide bonds. The molecule has 3 N–H and O–H groups in total. The molecule has 0 saturated heterocycles. The molecule has 0 atom stereocenters. The smallest absolute Gasteiger partial charge is 0.142 e. The fraction of sp³-hybridized carbons (Fsp3) is 0.769. The van der Waals surface area contributed by atoms with Crippen LogP contribution in [0.15, 0.2) is 0 Å². The number of aliphatic hydroxyl groups excluding tert-OH is 1. The van der Waals surface area contributed by atoms with Crippen molar-refractivity contribution in [2.75, 3.05) is 23.8 Å². The van der Waals surface area contributed by atoms with Gasteiger partial charge in [0.1, 0.15) is 10.8 Å². The highest BCUT2D eigenvalue weighted by Crippen LogP contribution is 2.49. The average molecular weight is 269 g/mol. The van der Waals surface area contributed by atoms with E-state index in [-0.39, 0.29) is 6.61 Å². The van der Waals surface area contributed by atoms with Crippen molar-refractivity contribution in [2.45, 2.75) is 51.5 Å². The third-order valence-electron chi connectivity index (χ3n) is 3.71. The van der Waals surface area contributed by atoms with Gasteiger partial charge >= 0.3 is 0 Å². The lowest BCUT2D eigenvalue weighted by atomic mass is 10.1. The molecule has 1 fully saturated rings. The van der Waals surface area contributed by atoms with Crippen molar-refractivity contribution in [3.63, 3.8) is 0 Å². The lowest BCUT2D eigenvalue weighted by Crippen LogP contribution is -2.36. The fourth-order valence-corrected chi connectivity index (χ4v) is 3.55. The summed E-state index contributed by atoms with van der Waals surface area (Å²) in [6.07, 6.45) is 4.62. The van der Waals surface area contributed by atoms with Gasteiger partial charge in [0, 0.05) is 18.2 Å². The monoisotopic (exact) mass is 269 g/mol. The Kier molecular flexibility index (Phi) is 4.45. The highest BCUT2D eigenvalue weighted by Gasteiger charge is 2.33. The van der Waals surface area contributed by atoms with Crippen LogP contribution in [0, 0.1) is 0 Å². The van der Waals surface area contributed by atoms with Gasteiger partial charge in [0.15, 0.2) is 0 Å². The SMILES string of the molecule is CCC(CC)N(CCO)c1snc(N)c1C1CC1. The van der Waals surface area contributed by atoms with Gasteiger partial charge in [-0.2, -0.15) is 4.37 Å². The van der Waals surface area contributed by atoms with Crippen LogP contribution in [0.4, 0.5) is 10.8 Å². The van der Waals surface area contributed by atoms with Gasteiger partial charge in [-0.1, -0.05) is 13.8 Å². The first-order valence-electron chi connectivity index (χ1n) is 6.85. The summed E-state index contributed by atoms with van der Waals surface area (Å²) >= 11 is 1.49. The molecule has 102 valence electrons. The van der Waals surface area contributed by atoms with E-state index in [1.54, 1.807) is 0 Å². The molecule has 0 unspecified atom stereocenters. The van der Waals surface area contributed by atoms with Gasteiger partial charge in [-0.15, -0.1) is 0 Å². The number of nitrogens with two attached hydrogens (primary N) is 1. The molecule has 1 heterocycles. The number of anilines is 2. The van der Waals surface area contributed by atoms with Gasteiger partial charge in [-0.3, -0.25) is 0 Å². The molecular weight excluding hydrogens is 246 g/mol. The minimum absolute atomic E-state index is 0.179. The second-order valence-corrected chi connectivity index (χ2v) is 5.70. The molecule has 18 heavy (non-hydrogen) atoms. The van der Waals surface area contributed by atoms with Crippen molar-refractivity contribution >= 4 is 22.4 Å². The number of nitrogen functional groups attached to an aromatic ring is 1. The van der Waals surface area contributed by atoms with Crippen LogP contribution in [-0.4, -0.2) is 28.7 Å². The molecular formula is C13H23N3OS. The van der Waals surface area contributed by atoms with Crippen LogP contribution in [-0.2, 0) is 0 Å². The Balaban J connectivity index is 2.29. The number of hydrogen-bond acceptors (Lipinski definition) is 5. The first kappa shape index (κ1) is 13.6. The van der Waals surface area contributed by atoms with Gasteiger partial charge < -0.3 is 15.7 Å². The van der Waals surface area contributed by atoms with E-state index >= 15 is 0 Å². The molecule has 1 aromatic rings. The van der Waals surface area contributed by atoms with Crippen LogP contribution < -0.4 is 10.6 Å². The Hall–Kier alpha value is -0.810. The van der Waals surface area contributed by atoms with Crippen molar-refractivity contribution in [1.29, 1.82) is 0 Å². The summed E-state index contributed by atoms with van der Waals surface area (Å²) in [6.45, 7) is 5.24. The fourth-order valence-electron chi connectivity index (χ4n) is 2.55. The Morgan fingerprint density at radius 3 is 2.61 bits per heavy atom. The summed E-state index contributed by atoms with van der Waals surface area (Å²) in [4.78, 5) is 2.31. The zero-order valence-corrected chi connectivity index (χ0v) is 12.0. The molecule has 5 heteroatoms. The van der Waals surface area contributed by atoms with E-state index in [2.05, 4.69) is 23.1 Å². The van der Waals surface area contributed by atoms with Crippen LogP contribution in [0.5, 0.6) is 0 Å². The van der Waals surface area contributed by atoms with Crippen LogP contribution in [0.3, 0.4) is 0 Å². The van der Waals surface area contributed by atoms with E-state index in [1.807, 2.05) is 0 Å². The summed E-state index contributed by atoms with van der Waals surface area (Å²) in [5, 5.41) is 10.5. The zero-order valence-electron chi connectivity index (χ0n) is 11.2. The first-order valence-corrected chi connectivity index (χ1v) is 7.62. The number of hydrogen-bond donors (Lipinski definition) is 2. The van der Waals surface area contributed by atoms with Crippen molar-refractivity contribution in [2.24, 2.45) is 0 Å². The van der Waals surface area contributed by atoms with Gasteiger partial charge in [0.05, 0.1) is 6.61 Å². The maximum Gasteiger partial charge on any atom is 0.142 e. The van der Waals surface area contributed by atoms with Gasteiger partial charge in [0.25, 0.3) is 0 Å². The van der Waals surface area contributed by atoms with Gasteiger partial charge in [-0.25, -0.2) is 0 Å². The minimum atomic E-state index is 0.179. The first-order chi connectivity index (χ1) is 8.72. The highest BCUT2D eigenvalue weighted by molar-refractivity contribution is 7.10. The lowest BCUT2D eigenvalue weighted by molar-refractivity contribution is 0.296. The minimum Gasteiger partial charge on any atom is -0.395 e. The van der Waals surface area contributed by atoms with Crippen LogP contribution >= 0.6 is 11.5 Å². The van der Waals surface area contributed by atoms with E-state index < -0.39 is 0 Å². The molecule has 0 aromatic carbocycles. The van der Waals surface area contributed by atoms with Crippen LogP contribution in [0.1, 0.15) is 51.0 Å². The molecule has 0 aliphatic heterocycles. The van der Waals surface area contributed by atoms with Crippen molar-refractivity contribution < 1.29 is 5.11 Å². The van der Waals surface area contributed by atoms with Crippen LogP contribution in [0.25, 0.3) is 0 Å². The third-order valence-corrected chi connectivity index (χ3v) is 4.62. The topological polar surface area (TPSA) is 62.4 Å². The Morgan fingerprint density at radius 1 is 1.44 bits per heavy atom. The molecule has 4 nitrogen and oxygen atoms in total. The number of nitrogens with zero attached hydrogens (tertiary/aromatic N) is 2. The second-order valence-electron chi connectivity index (χ2n) is 4.95. The van der Waals surface area contributed by atoms with Crippen molar-refractivity contribution in [3.05, 3.63) is 5.56 Å². The maximum absolute atomic E-state index is 9.30. The largest absolute Gasteiger partial charge is 0.395 e. The normalized spacial score (nSPS) is 15.3. The summed E-state index contributed by atoms with van der Waals surface area (Å²) in [5.41, 5.74) is 7.25. The van der Waals surface area contributed by atoms with E-state index in [1.165, 1.54) is 34.9 Å². The van der Waals surface area contributed by atoms with E-state index in [0.29, 0.717) is 24.3 Å². The summed E-state index contributed by atoms with van der Waals surface area (Å²) in [6, 6.07) is 0.467. The molecule has 1 aliphatic carbocycles. The Morgan fingerprint density at radius 2 is 2.11 bits per heavy atom. The predicted octanol–water partition coefficient (Wildman–Crippen LogP) is 2.59. The van der Waals surface area contributed by atoms with Gasteiger partial charge in [0.2, 0.25) is 0 Å². The summed E-state index contributed by atoms with van der Waals surface area (Å²) in [5.74, 6) is 1.31. The van der Waals surface area contributed by atoms with Crippen molar-refractivity contribution in [3.8, 4) is 0 Å². The predicted molar refractivity (Wildman–Crippen MR) is 77.3 cm³/mol. The molecule has 0 bridgehead atoms. The number of aromatic nitrogens is 1. The quantitative estimate of drug-likeness (QED) is 0.798. The highest BCUT2D eigenvalue weighted by atomic mass is 32.1. The number of aliphatic hydroxyl groups is 1. The summed E-state index contributed by atoms with van der Waals surface area (Å²) in [7, 11) is 0. The number of rotatable bonds is 7. The molecule has 1 aromatic heterocycles. The molecule has 1 saturated carbocycles. The Bertz CT molecular complexity index is 386. The lowest BCUT2D eigenvalue weighted by Gasteiger charge is -2.31. The third kappa shape index (κ3) is 2.62. The zero-order chi connectivity index (χ0) is 13.1. The standard InChI is InChI=1S/C13H23N3OS/c1-3-10(4-2)16(7-8-17)13-11(9-5-6-9)12(14)15-18-13/h9-10,17H,3-8H2,1-2H3,(H2,14,15). The van der Waals surface area contributed by atoms with E-state index in [9.17, 15) is 5.11 Å². The molecule has 0 spiro atoms. The average Bonchev–Trinajstić information content (AvgIpc) is 3.13. The second kappa shape index (κ2) is 5.89.